The molecule has 0 radical (unpaired) electrons. The van der Waals surface area contributed by atoms with E-state index in [4.69, 9.17) is 0 Å². The Hall–Kier alpha value is -4.72. The number of rotatable bonds is 4. The van der Waals surface area contributed by atoms with Crippen LogP contribution in [0.15, 0.2) is 72.8 Å². The van der Waals surface area contributed by atoms with Gasteiger partial charge in [-0.3, -0.25) is 0 Å². The van der Waals surface area contributed by atoms with Gasteiger partial charge in [0.2, 0.25) is 0 Å². The zero-order chi connectivity index (χ0) is 25.9. The topological polar surface area (TPSA) is 102 Å². The Morgan fingerprint density at radius 1 is 0.622 bits per heavy atom. The van der Waals surface area contributed by atoms with E-state index >= 15 is 0 Å². The molecule has 6 aromatic rings. The molecule has 0 atom stereocenters. The van der Waals surface area contributed by atoms with Gasteiger partial charge in [0.1, 0.15) is 33.9 Å². The predicted molar refractivity (Wildman–Crippen MR) is 143 cm³/mol. The van der Waals surface area contributed by atoms with E-state index in [-0.39, 0.29) is 11.5 Å². The van der Waals surface area contributed by atoms with Gasteiger partial charge in [-0.25, -0.2) is 9.36 Å². The van der Waals surface area contributed by atoms with Crippen molar-refractivity contribution in [3.05, 3.63) is 95.1 Å². The maximum absolute atomic E-state index is 11.6. The molecular formula is C29H26N6O2. The summed E-state index contributed by atoms with van der Waals surface area (Å²) in [6.07, 6.45) is 0. The molecule has 0 fully saturated rings. The van der Waals surface area contributed by atoms with Gasteiger partial charge < -0.3 is 10.2 Å². The smallest absolute Gasteiger partial charge is 0.145 e. The van der Waals surface area contributed by atoms with Gasteiger partial charge in [0, 0.05) is 16.5 Å². The fraction of sp³-hybridized carbons (Fsp3) is 0.172. The maximum atomic E-state index is 11.6. The largest absolute Gasteiger partial charge is 0.505 e. The van der Waals surface area contributed by atoms with Crippen LogP contribution in [0.25, 0.3) is 33.4 Å². The summed E-state index contributed by atoms with van der Waals surface area (Å²) in [5, 5.41) is 40.3. The third kappa shape index (κ3) is 3.52. The molecule has 0 aliphatic carbocycles. The molecule has 8 heteroatoms. The summed E-state index contributed by atoms with van der Waals surface area (Å²) in [6, 6.07) is 22.9. The molecule has 0 amide bonds. The number of hydrogen-bond acceptors (Lipinski definition) is 6. The molecule has 0 bridgehead atoms. The fourth-order valence-electron chi connectivity index (χ4n) is 5.03. The van der Waals surface area contributed by atoms with Crippen molar-refractivity contribution in [3.63, 3.8) is 0 Å². The Kier molecular flexibility index (Phi) is 5.01. The maximum Gasteiger partial charge on any atom is 0.145 e. The summed E-state index contributed by atoms with van der Waals surface area (Å²) >= 11 is 0. The standard InChI is InChI=1S/C29H26N6O2/c1-17-13-19(27(36)25(15-17)34-23-11-7-5-9-21(23)30-32-34)29(3,4)20-14-18(2)16-26(28(20)37)35-24-12-8-6-10-22(24)31-33-35/h5-16,36-37H,1-4H3. The van der Waals surface area contributed by atoms with Crippen LogP contribution in [0.3, 0.4) is 0 Å². The van der Waals surface area contributed by atoms with Crippen LogP contribution < -0.4 is 0 Å². The first-order valence-electron chi connectivity index (χ1n) is 12.1. The molecule has 0 spiro atoms. The lowest BCUT2D eigenvalue weighted by atomic mass is 9.75. The average molecular weight is 491 g/mol. The van der Waals surface area contributed by atoms with Crippen LogP contribution in [0.2, 0.25) is 0 Å². The Bertz CT molecular complexity index is 1680. The normalized spacial score (nSPS) is 12.0. The molecule has 37 heavy (non-hydrogen) atoms. The Balaban J connectivity index is 1.55. The second-order valence-electron chi connectivity index (χ2n) is 9.97. The highest BCUT2D eigenvalue weighted by molar-refractivity contribution is 5.78. The number of phenolic OH excluding ortho intramolecular Hbond substituents is 2. The summed E-state index contributed by atoms with van der Waals surface area (Å²) in [7, 11) is 0. The molecule has 2 heterocycles. The first kappa shape index (κ1) is 22.7. The third-order valence-electron chi connectivity index (χ3n) is 6.97. The highest BCUT2D eigenvalue weighted by Gasteiger charge is 2.33. The van der Waals surface area contributed by atoms with Gasteiger partial charge in [-0.2, -0.15) is 0 Å². The van der Waals surface area contributed by atoms with Gasteiger partial charge in [-0.1, -0.05) is 60.7 Å². The minimum absolute atomic E-state index is 0.0833. The van der Waals surface area contributed by atoms with Gasteiger partial charge in [-0.05, 0) is 61.4 Å². The summed E-state index contributed by atoms with van der Waals surface area (Å²) in [5.41, 5.74) is 6.60. The quantitative estimate of drug-likeness (QED) is 0.338. The van der Waals surface area contributed by atoms with E-state index in [1.807, 2.05) is 100 Å². The number of aryl methyl sites for hydroxylation is 2. The third-order valence-corrected chi connectivity index (χ3v) is 6.97. The highest BCUT2D eigenvalue weighted by atomic mass is 16.3. The van der Waals surface area contributed by atoms with Crippen LogP contribution in [-0.2, 0) is 5.41 Å². The summed E-state index contributed by atoms with van der Waals surface area (Å²) in [5.74, 6) is 0.167. The Morgan fingerprint density at radius 2 is 1.03 bits per heavy atom. The number of fused-ring (bicyclic) bond motifs is 2. The predicted octanol–water partition coefficient (Wildman–Crippen LogP) is 5.51. The molecule has 8 nitrogen and oxygen atoms in total. The van der Waals surface area contributed by atoms with Crippen LogP contribution in [0, 0.1) is 13.8 Å². The Labute approximate surface area is 213 Å². The van der Waals surface area contributed by atoms with Crippen LogP contribution >= 0.6 is 0 Å². The van der Waals surface area contributed by atoms with Crippen molar-refractivity contribution in [2.75, 3.05) is 0 Å². The van der Waals surface area contributed by atoms with Crippen molar-refractivity contribution in [2.24, 2.45) is 0 Å². The van der Waals surface area contributed by atoms with Crippen LogP contribution in [0.1, 0.15) is 36.1 Å². The SMILES string of the molecule is Cc1cc(-n2nnc3ccccc32)c(O)c(C(C)(C)c2cc(C)cc(-n3nnc4ccccc43)c2O)c1. The van der Waals surface area contributed by atoms with Gasteiger partial charge in [0.05, 0.1) is 11.0 Å². The van der Waals surface area contributed by atoms with E-state index in [0.29, 0.717) is 22.5 Å². The lowest BCUT2D eigenvalue weighted by molar-refractivity contribution is 0.431. The van der Waals surface area contributed by atoms with Crippen molar-refractivity contribution >= 4 is 22.1 Å². The molecule has 0 saturated heterocycles. The van der Waals surface area contributed by atoms with E-state index in [9.17, 15) is 10.2 Å². The van der Waals surface area contributed by atoms with Crippen molar-refractivity contribution in [2.45, 2.75) is 33.1 Å². The molecule has 6 rings (SSSR count). The summed E-state index contributed by atoms with van der Waals surface area (Å²) in [4.78, 5) is 0. The van der Waals surface area contributed by atoms with Crippen LogP contribution in [0.4, 0.5) is 0 Å². The zero-order valence-corrected chi connectivity index (χ0v) is 21.0. The Morgan fingerprint density at radius 3 is 1.46 bits per heavy atom. The van der Waals surface area contributed by atoms with E-state index in [1.165, 1.54) is 0 Å². The molecule has 0 aliphatic rings. The molecule has 2 aromatic heterocycles. The van der Waals surface area contributed by atoms with Gasteiger partial charge in [0.15, 0.2) is 0 Å². The van der Waals surface area contributed by atoms with Crippen molar-refractivity contribution in [3.8, 4) is 22.9 Å². The minimum atomic E-state index is -0.775. The fourth-order valence-corrected chi connectivity index (χ4v) is 5.03. The molecule has 184 valence electrons. The number of benzene rings is 4. The van der Waals surface area contributed by atoms with Crippen molar-refractivity contribution < 1.29 is 10.2 Å². The summed E-state index contributed by atoms with van der Waals surface area (Å²) in [6.45, 7) is 7.93. The first-order valence-corrected chi connectivity index (χ1v) is 12.1. The van der Waals surface area contributed by atoms with E-state index in [1.54, 1.807) is 9.36 Å². The minimum Gasteiger partial charge on any atom is -0.505 e. The van der Waals surface area contributed by atoms with E-state index in [0.717, 1.165) is 33.2 Å². The van der Waals surface area contributed by atoms with Crippen LogP contribution in [-0.4, -0.2) is 40.2 Å². The molecule has 0 unspecified atom stereocenters. The second kappa shape index (κ2) is 8.16. The van der Waals surface area contributed by atoms with Crippen molar-refractivity contribution in [1.29, 1.82) is 0 Å². The van der Waals surface area contributed by atoms with Crippen molar-refractivity contribution in [1.82, 2.24) is 30.0 Å². The lowest BCUT2D eigenvalue weighted by Gasteiger charge is -2.30. The monoisotopic (exact) mass is 490 g/mol. The number of aromatic nitrogens is 6. The van der Waals surface area contributed by atoms with Gasteiger partial charge in [0.25, 0.3) is 0 Å². The first-order chi connectivity index (χ1) is 17.8. The van der Waals surface area contributed by atoms with E-state index in [2.05, 4.69) is 20.6 Å². The number of hydrogen-bond donors (Lipinski definition) is 2. The van der Waals surface area contributed by atoms with Crippen LogP contribution in [0.5, 0.6) is 11.5 Å². The summed E-state index contributed by atoms with van der Waals surface area (Å²) < 4.78 is 3.31. The average Bonchev–Trinajstić information content (AvgIpc) is 3.51. The number of nitrogens with zero attached hydrogens (tertiary/aromatic N) is 6. The molecular weight excluding hydrogens is 464 g/mol. The highest BCUT2D eigenvalue weighted by Crippen LogP contribution is 2.45. The van der Waals surface area contributed by atoms with E-state index < -0.39 is 5.41 Å². The second-order valence-corrected chi connectivity index (χ2v) is 9.97. The molecule has 2 N–H and O–H groups in total. The molecule has 0 saturated carbocycles. The lowest BCUT2D eigenvalue weighted by Crippen LogP contribution is -2.21. The molecule has 0 aliphatic heterocycles. The number of para-hydroxylation sites is 2. The number of aromatic hydroxyl groups is 2. The van der Waals surface area contributed by atoms with Gasteiger partial charge in [-0.15, -0.1) is 10.2 Å². The number of phenols is 2. The van der Waals surface area contributed by atoms with Gasteiger partial charge >= 0.3 is 0 Å². The zero-order valence-electron chi connectivity index (χ0n) is 21.0. The molecule has 4 aromatic carbocycles.